The minimum atomic E-state index is -0.458. The summed E-state index contributed by atoms with van der Waals surface area (Å²) in [4.78, 5) is 23.0. The molecule has 0 radical (unpaired) electrons. The van der Waals surface area contributed by atoms with Gasteiger partial charge in [0, 0.05) is 30.4 Å². The number of hydrogen-bond donors (Lipinski definition) is 0. The van der Waals surface area contributed by atoms with Gasteiger partial charge >= 0.3 is 6.09 Å². The Morgan fingerprint density at radius 2 is 1.90 bits per heavy atom. The van der Waals surface area contributed by atoms with Crippen molar-refractivity contribution >= 4 is 6.09 Å². The van der Waals surface area contributed by atoms with Gasteiger partial charge in [0.1, 0.15) is 11.4 Å². The number of aromatic nitrogens is 2. The second-order valence-electron chi connectivity index (χ2n) is 6.77. The summed E-state index contributed by atoms with van der Waals surface area (Å²) in [6.45, 7) is 11.0. The summed E-state index contributed by atoms with van der Waals surface area (Å²) in [5.74, 6) is 1.05. The maximum Gasteiger partial charge on any atom is 0.410 e. The highest BCUT2D eigenvalue weighted by Crippen LogP contribution is 2.26. The lowest BCUT2D eigenvalue weighted by atomic mass is 9.97. The van der Waals surface area contributed by atoms with Gasteiger partial charge in [-0.05, 0) is 53.5 Å². The van der Waals surface area contributed by atoms with E-state index in [1.165, 1.54) is 0 Å². The number of nitrogens with zero attached hydrogens (tertiary/aromatic N) is 3. The van der Waals surface area contributed by atoms with E-state index in [0.29, 0.717) is 6.54 Å². The van der Waals surface area contributed by atoms with E-state index in [2.05, 4.69) is 9.97 Å². The fourth-order valence-electron chi connectivity index (χ4n) is 2.62. The first kappa shape index (κ1) is 15.7. The van der Waals surface area contributed by atoms with E-state index in [0.717, 1.165) is 36.6 Å². The van der Waals surface area contributed by atoms with Crippen molar-refractivity contribution in [2.24, 2.45) is 0 Å². The molecule has 1 fully saturated rings. The van der Waals surface area contributed by atoms with Gasteiger partial charge in [0.05, 0.1) is 0 Å². The van der Waals surface area contributed by atoms with E-state index in [1.807, 2.05) is 40.7 Å². The average molecular weight is 291 g/mol. The lowest BCUT2D eigenvalue weighted by Crippen LogP contribution is -2.42. The van der Waals surface area contributed by atoms with E-state index in [-0.39, 0.29) is 12.0 Å². The number of likely N-dealkylation sites (tertiary alicyclic amines) is 1. The van der Waals surface area contributed by atoms with Crippen LogP contribution < -0.4 is 0 Å². The van der Waals surface area contributed by atoms with Gasteiger partial charge in [-0.25, -0.2) is 14.8 Å². The summed E-state index contributed by atoms with van der Waals surface area (Å²) in [5, 5.41) is 0. The monoisotopic (exact) mass is 291 g/mol. The molecule has 2 heterocycles. The number of hydrogen-bond acceptors (Lipinski definition) is 4. The van der Waals surface area contributed by atoms with Crippen LogP contribution in [0.15, 0.2) is 6.07 Å². The summed E-state index contributed by atoms with van der Waals surface area (Å²) in [7, 11) is 0. The van der Waals surface area contributed by atoms with Gasteiger partial charge in [0.2, 0.25) is 0 Å². The Morgan fingerprint density at radius 3 is 2.48 bits per heavy atom. The van der Waals surface area contributed by atoms with Crippen molar-refractivity contribution in [3.63, 3.8) is 0 Å². The van der Waals surface area contributed by atoms with Crippen LogP contribution in [0.4, 0.5) is 4.79 Å². The number of carbonyl (C=O) groups is 1. The Balaban J connectivity index is 2.08. The van der Waals surface area contributed by atoms with E-state index in [9.17, 15) is 4.79 Å². The number of ether oxygens (including phenoxy) is 1. The van der Waals surface area contributed by atoms with Crippen molar-refractivity contribution in [3.8, 4) is 0 Å². The zero-order chi connectivity index (χ0) is 15.6. The molecule has 21 heavy (non-hydrogen) atoms. The van der Waals surface area contributed by atoms with Crippen LogP contribution >= 0.6 is 0 Å². The van der Waals surface area contributed by atoms with Gasteiger partial charge in [0.15, 0.2) is 0 Å². The molecule has 1 atom stereocenters. The van der Waals surface area contributed by atoms with Crippen molar-refractivity contribution < 1.29 is 9.53 Å². The first-order chi connectivity index (χ1) is 9.74. The Kier molecular flexibility index (Phi) is 4.49. The number of aryl methyl sites for hydroxylation is 2. The minimum Gasteiger partial charge on any atom is -0.444 e. The average Bonchev–Trinajstić information content (AvgIpc) is 2.36. The highest BCUT2D eigenvalue weighted by atomic mass is 16.6. The van der Waals surface area contributed by atoms with Crippen LogP contribution in [0.3, 0.4) is 0 Å². The smallest absolute Gasteiger partial charge is 0.410 e. The van der Waals surface area contributed by atoms with Gasteiger partial charge in [-0.3, -0.25) is 0 Å². The zero-order valence-electron chi connectivity index (χ0n) is 13.6. The molecule has 1 amide bonds. The van der Waals surface area contributed by atoms with Crippen molar-refractivity contribution in [1.82, 2.24) is 14.9 Å². The van der Waals surface area contributed by atoms with Crippen LogP contribution in [0.1, 0.15) is 56.7 Å². The zero-order valence-corrected chi connectivity index (χ0v) is 13.6. The number of amides is 1. The van der Waals surface area contributed by atoms with Gasteiger partial charge < -0.3 is 9.64 Å². The largest absolute Gasteiger partial charge is 0.444 e. The molecule has 1 aromatic rings. The molecule has 1 aliphatic rings. The summed E-state index contributed by atoms with van der Waals surface area (Å²) < 4.78 is 5.46. The maximum atomic E-state index is 12.2. The third-order valence-electron chi connectivity index (χ3n) is 3.44. The predicted octanol–water partition coefficient (Wildman–Crippen LogP) is 3.21. The molecule has 5 nitrogen and oxygen atoms in total. The quantitative estimate of drug-likeness (QED) is 0.797. The van der Waals surface area contributed by atoms with E-state index >= 15 is 0 Å². The van der Waals surface area contributed by atoms with Crippen LogP contribution in [-0.2, 0) is 4.74 Å². The molecule has 0 saturated carbocycles. The second-order valence-corrected chi connectivity index (χ2v) is 6.77. The fraction of sp³-hybridized carbons (Fsp3) is 0.688. The van der Waals surface area contributed by atoms with Crippen molar-refractivity contribution in [2.45, 2.75) is 59.0 Å². The number of carbonyl (C=O) groups excluding carboxylic acids is 1. The summed E-state index contributed by atoms with van der Waals surface area (Å²) >= 11 is 0. The van der Waals surface area contributed by atoms with E-state index in [4.69, 9.17) is 4.74 Å². The molecule has 1 saturated heterocycles. The Labute approximate surface area is 126 Å². The summed E-state index contributed by atoms with van der Waals surface area (Å²) in [6.07, 6.45) is 1.74. The second kappa shape index (κ2) is 6.00. The Hall–Kier alpha value is -1.65. The van der Waals surface area contributed by atoms with Crippen LogP contribution in [-0.4, -0.2) is 39.7 Å². The lowest BCUT2D eigenvalue weighted by Gasteiger charge is -2.33. The first-order valence-corrected chi connectivity index (χ1v) is 7.55. The summed E-state index contributed by atoms with van der Waals surface area (Å²) in [5.41, 5.74) is 1.50. The molecule has 116 valence electrons. The van der Waals surface area contributed by atoms with Crippen molar-refractivity contribution in [3.05, 3.63) is 23.3 Å². The highest BCUT2D eigenvalue weighted by molar-refractivity contribution is 5.68. The molecule has 5 heteroatoms. The van der Waals surface area contributed by atoms with Gasteiger partial charge in [-0.2, -0.15) is 0 Å². The maximum absolute atomic E-state index is 12.2. The highest BCUT2D eigenvalue weighted by Gasteiger charge is 2.29. The SMILES string of the molecule is Cc1cc(C)nc([C@H]2CCCN(C(=O)OC(C)(C)C)C2)n1. The van der Waals surface area contributed by atoms with Crippen LogP contribution in [0.5, 0.6) is 0 Å². The third kappa shape index (κ3) is 4.41. The Morgan fingerprint density at radius 1 is 1.29 bits per heavy atom. The van der Waals surface area contributed by atoms with Crippen LogP contribution in [0, 0.1) is 13.8 Å². The fourth-order valence-corrected chi connectivity index (χ4v) is 2.62. The molecular formula is C16H25N3O2. The third-order valence-corrected chi connectivity index (χ3v) is 3.44. The van der Waals surface area contributed by atoms with Crippen molar-refractivity contribution in [2.75, 3.05) is 13.1 Å². The lowest BCUT2D eigenvalue weighted by molar-refractivity contribution is 0.0196. The predicted molar refractivity (Wildman–Crippen MR) is 81.3 cm³/mol. The molecule has 0 unspecified atom stereocenters. The molecule has 0 bridgehead atoms. The number of piperidine rings is 1. The number of rotatable bonds is 1. The molecular weight excluding hydrogens is 266 g/mol. The topological polar surface area (TPSA) is 55.3 Å². The van der Waals surface area contributed by atoms with E-state index in [1.54, 1.807) is 4.90 Å². The van der Waals surface area contributed by atoms with Crippen LogP contribution in [0.25, 0.3) is 0 Å². The molecule has 1 aromatic heterocycles. The van der Waals surface area contributed by atoms with E-state index < -0.39 is 5.60 Å². The molecule has 0 N–H and O–H groups in total. The Bertz CT molecular complexity index is 502. The molecule has 1 aliphatic heterocycles. The van der Waals surface area contributed by atoms with Crippen molar-refractivity contribution in [1.29, 1.82) is 0 Å². The normalized spacial score (nSPS) is 19.5. The molecule has 2 rings (SSSR count). The molecule has 0 aliphatic carbocycles. The summed E-state index contributed by atoms with van der Waals surface area (Å²) in [6, 6.07) is 1.97. The molecule has 0 aromatic carbocycles. The standard InChI is InChI=1S/C16H25N3O2/c1-11-9-12(2)18-14(17-11)13-7-6-8-19(10-13)15(20)21-16(3,4)5/h9,13H,6-8,10H2,1-5H3/t13-/m0/s1. The molecule has 0 spiro atoms. The van der Waals surface area contributed by atoms with Gasteiger partial charge in [-0.15, -0.1) is 0 Å². The first-order valence-electron chi connectivity index (χ1n) is 7.55. The van der Waals surface area contributed by atoms with Crippen LogP contribution in [0.2, 0.25) is 0 Å². The van der Waals surface area contributed by atoms with Gasteiger partial charge in [-0.1, -0.05) is 0 Å². The minimum absolute atomic E-state index is 0.199. The van der Waals surface area contributed by atoms with Gasteiger partial charge in [0.25, 0.3) is 0 Å².